The van der Waals surface area contributed by atoms with Gasteiger partial charge < -0.3 is 4.74 Å². The molecule has 0 heterocycles. The van der Waals surface area contributed by atoms with Crippen molar-refractivity contribution in [1.82, 2.24) is 0 Å². The third kappa shape index (κ3) is 4.88. The Bertz CT molecular complexity index is 203. The van der Waals surface area contributed by atoms with E-state index in [0.29, 0.717) is 12.1 Å². The fourth-order valence-electron chi connectivity index (χ4n) is 0.932. The van der Waals surface area contributed by atoms with Crippen LogP contribution < -0.4 is 0 Å². The molecule has 0 N–H and O–H groups in total. The predicted molar refractivity (Wildman–Crippen MR) is 58.5 cm³/mol. The molecular formula is C10H20O2Si. The second kappa shape index (κ2) is 4.60. The van der Waals surface area contributed by atoms with Gasteiger partial charge in [0.25, 0.3) is 0 Å². The van der Waals surface area contributed by atoms with Gasteiger partial charge in [0.15, 0.2) is 0 Å². The molecule has 0 aliphatic carbocycles. The minimum Gasteiger partial charge on any atom is -0.461 e. The van der Waals surface area contributed by atoms with Gasteiger partial charge in [-0.15, -0.1) is 0 Å². The smallest absolute Gasteiger partial charge is 0.302 e. The van der Waals surface area contributed by atoms with Crippen LogP contribution in [0.4, 0.5) is 0 Å². The number of ether oxygens (including phenoxy) is 1. The van der Waals surface area contributed by atoms with Crippen LogP contribution in [0, 0.1) is 0 Å². The number of carbonyl (C=O) groups excluding carboxylic acids is 1. The number of hydrogen-bond donors (Lipinski definition) is 0. The molecule has 2 nitrogen and oxygen atoms in total. The van der Waals surface area contributed by atoms with E-state index < -0.39 is 8.07 Å². The van der Waals surface area contributed by atoms with E-state index in [9.17, 15) is 4.79 Å². The van der Waals surface area contributed by atoms with Crippen molar-refractivity contribution in [2.75, 3.05) is 6.61 Å². The van der Waals surface area contributed by atoms with Crippen molar-refractivity contribution >= 4 is 14.0 Å². The molecule has 13 heavy (non-hydrogen) atoms. The molecule has 0 bridgehead atoms. The first-order chi connectivity index (χ1) is 5.75. The van der Waals surface area contributed by atoms with Crippen LogP contribution >= 0.6 is 0 Å². The lowest BCUT2D eigenvalue weighted by atomic mass is 10.2. The normalized spacial score (nSPS) is 13.6. The maximum Gasteiger partial charge on any atom is 0.302 e. The summed E-state index contributed by atoms with van der Waals surface area (Å²) in [6, 6.07) is 0. The molecule has 1 atom stereocenters. The van der Waals surface area contributed by atoms with Gasteiger partial charge in [-0.1, -0.05) is 33.1 Å². The standard InChI is InChI=1S/C10H20O2Si/c1-8(7-12-10(3)11)9(2)13(4,5)6/h9H,1,7H2,2-6H3. The van der Waals surface area contributed by atoms with E-state index in [-0.39, 0.29) is 5.97 Å². The third-order valence-corrected chi connectivity index (χ3v) is 5.38. The fraction of sp³-hybridized carbons (Fsp3) is 0.700. The fourth-order valence-corrected chi connectivity index (χ4v) is 2.24. The molecule has 0 aromatic rings. The Balaban J connectivity index is 4.05. The summed E-state index contributed by atoms with van der Waals surface area (Å²) in [4.78, 5) is 10.6. The minimum absolute atomic E-state index is 0.232. The van der Waals surface area contributed by atoms with E-state index in [1.165, 1.54) is 6.92 Å². The molecule has 0 aliphatic heterocycles. The summed E-state index contributed by atoms with van der Waals surface area (Å²) in [7, 11) is -1.19. The van der Waals surface area contributed by atoms with Crippen LogP contribution in [0.3, 0.4) is 0 Å². The van der Waals surface area contributed by atoms with Gasteiger partial charge in [-0.25, -0.2) is 0 Å². The van der Waals surface area contributed by atoms with Crippen molar-refractivity contribution in [2.24, 2.45) is 0 Å². The van der Waals surface area contributed by atoms with E-state index in [0.717, 1.165) is 5.57 Å². The van der Waals surface area contributed by atoms with Crippen LogP contribution in [-0.2, 0) is 9.53 Å². The molecule has 0 aromatic heterocycles. The predicted octanol–water partition coefficient (Wildman–Crippen LogP) is 2.83. The summed E-state index contributed by atoms with van der Waals surface area (Å²) in [6.07, 6.45) is 0. The largest absolute Gasteiger partial charge is 0.461 e. The topological polar surface area (TPSA) is 26.3 Å². The van der Waals surface area contributed by atoms with E-state index in [1.54, 1.807) is 0 Å². The maximum absolute atomic E-state index is 10.6. The van der Waals surface area contributed by atoms with Gasteiger partial charge in [0.2, 0.25) is 0 Å². The second-order valence-electron chi connectivity index (χ2n) is 4.53. The zero-order valence-corrected chi connectivity index (χ0v) is 10.3. The molecule has 0 spiro atoms. The molecule has 0 rings (SSSR count). The van der Waals surface area contributed by atoms with E-state index in [4.69, 9.17) is 4.74 Å². The molecule has 1 unspecified atom stereocenters. The first-order valence-electron chi connectivity index (χ1n) is 4.56. The first kappa shape index (κ1) is 12.4. The molecule has 0 fully saturated rings. The summed E-state index contributed by atoms with van der Waals surface area (Å²) in [6.45, 7) is 14.8. The highest BCUT2D eigenvalue weighted by atomic mass is 28.3. The van der Waals surface area contributed by atoms with Crippen LogP contribution in [0.15, 0.2) is 12.2 Å². The monoisotopic (exact) mass is 200 g/mol. The molecule has 0 radical (unpaired) electrons. The number of carbonyl (C=O) groups is 1. The third-order valence-electron chi connectivity index (χ3n) is 2.37. The lowest BCUT2D eigenvalue weighted by Gasteiger charge is -2.26. The quantitative estimate of drug-likeness (QED) is 0.396. The van der Waals surface area contributed by atoms with Crippen molar-refractivity contribution in [1.29, 1.82) is 0 Å². The van der Waals surface area contributed by atoms with Crippen LogP contribution in [-0.4, -0.2) is 20.7 Å². The van der Waals surface area contributed by atoms with Crippen LogP contribution in [0.2, 0.25) is 25.2 Å². The van der Waals surface area contributed by atoms with Crippen LogP contribution in [0.1, 0.15) is 13.8 Å². The van der Waals surface area contributed by atoms with Gasteiger partial charge in [-0.3, -0.25) is 4.79 Å². The molecule has 0 saturated carbocycles. The van der Waals surface area contributed by atoms with Gasteiger partial charge >= 0.3 is 5.97 Å². The lowest BCUT2D eigenvalue weighted by Crippen LogP contribution is -2.28. The first-order valence-corrected chi connectivity index (χ1v) is 8.14. The zero-order chi connectivity index (χ0) is 10.6. The lowest BCUT2D eigenvalue weighted by molar-refractivity contribution is -0.140. The Hall–Kier alpha value is -0.573. The van der Waals surface area contributed by atoms with Gasteiger partial charge in [-0.05, 0) is 11.1 Å². The van der Waals surface area contributed by atoms with E-state index in [2.05, 4.69) is 33.1 Å². The minimum atomic E-state index is -1.19. The van der Waals surface area contributed by atoms with E-state index in [1.807, 2.05) is 0 Å². The van der Waals surface area contributed by atoms with Crippen LogP contribution in [0.25, 0.3) is 0 Å². The van der Waals surface area contributed by atoms with Gasteiger partial charge in [0.05, 0.1) is 8.07 Å². The Labute approximate surface area is 82.0 Å². The average Bonchev–Trinajstić information content (AvgIpc) is 1.96. The van der Waals surface area contributed by atoms with Crippen molar-refractivity contribution in [3.05, 3.63) is 12.2 Å². The highest BCUT2D eigenvalue weighted by Crippen LogP contribution is 2.27. The molecule has 0 amide bonds. The molecular weight excluding hydrogens is 180 g/mol. The summed E-state index contributed by atoms with van der Waals surface area (Å²) in [5, 5.41) is 0. The second-order valence-corrected chi connectivity index (χ2v) is 10.1. The molecule has 0 saturated heterocycles. The molecule has 3 heteroatoms. The number of rotatable bonds is 4. The Morgan fingerprint density at radius 2 is 1.92 bits per heavy atom. The summed E-state index contributed by atoms with van der Waals surface area (Å²) in [5.41, 5.74) is 1.53. The molecule has 0 aromatic carbocycles. The molecule has 0 aliphatic rings. The maximum atomic E-state index is 10.6. The van der Waals surface area contributed by atoms with Gasteiger partial charge in [0.1, 0.15) is 6.61 Å². The Morgan fingerprint density at radius 3 is 2.23 bits per heavy atom. The van der Waals surface area contributed by atoms with E-state index >= 15 is 0 Å². The van der Waals surface area contributed by atoms with Crippen molar-refractivity contribution in [3.63, 3.8) is 0 Å². The number of esters is 1. The SMILES string of the molecule is C=C(COC(C)=O)C(C)[Si](C)(C)C. The van der Waals surface area contributed by atoms with Crippen LogP contribution in [0.5, 0.6) is 0 Å². The summed E-state index contributed by atoms with van der Waals surface area (Å²) < 4.78 is 4.90. The zero-order valence-electron chi connectivity index (χ0n) is 9.31. The van der Waals surface area contributed by atoms with Crippen molar-refractivity contribution in [2.45, 2.75) is 39.0 Å². The number of hydrogen-bond acceptors (Lipinski definition) is 2. The summed E-state index contributed by atoms with van der Waals surface area (Å²) >= 11 is 0. The van der Waals surface area contributed by atoms with Gasteiger partial charge in [-0.2, -0.15) is 0 Å². The van der Waals surface area contributed by atoms with Gasteiger partial charge in [0, 0.05) is 6.92 Å². The highest BCUT2D eigenvalue weighted by Gasteiger charge is 2.24. The average molecular weight is 200 g/mol. The molecule has 76 valence electrons. The Morgan fingerprint density at radius 1 is 1.46 bits per heavy atom. The highest BCUT2D eigenvalue weighted by molar-refractivity contribution is 6.78. The summed E-state index contributed by atoms with van der Waals surface area (Å²) in [5.74, 6) is -0.232. The van der Waals surface area contributed by atoms with Crippen molar-refractivity contribution in [3.8, 4) is 0 Å². The Kier molecular flexibility index (Phi) is 4.40. The van der Waals surface area contributed by atoms with Crippen molar-refractivity contribution < 1.29 is 9.53 Å².